The molecule has 0 bridgehead atoms. The molecule has 0 saturated carbocycles. The molecule has 4 heteroatoms. The van der Waals surface area contributed by atoms with Crippen molar-refractivity contribution >= 4 is 40.2 Å². The average Bonchev–Trinajstić information content (AvgIpc) is 1.79. The standard InChI is InChI=1S/C6H12N2Se2/c7-5(9)3-1-2-4-6(8)10/h1-4H2,(H2,7,9)(H2,8,10). The van der Waals surface area contributed by atoms with E-state index >= 15 is 0 Å². The van der Waals surface area contributed by atoms with Crippen LogP contribution in [0, 0.1) is 0 Å². The van der Waals surface area contributed by atoms with Crippen LogP contribution in [-0.2, 0) is 0 Å². The van der Waals surface area contributed by atoms with Crippen molar-refractivity contribution < 1.29 is 0 Å². The number of hydrogen-bond donors (Lipinski definition) is 2. The molecule has 0 amide bonds. The Morgan fingerprint density at radius 1 is 0.900 bits per heavy atom. The van der Waals surface area contributed by atoms with Gasteiger partial charge in [-0.25, -0.2) is 0 Å². The molecule has 0 aromatic carbocycles. The van der Waals surface area contributed by atoms with Gasteiger partial charge in [-0.3, -0.25) is 0 Å². The third-order valence-electron chi connectivity index (χ3n) is 1.10. The van der Waals surface area contributed by atoms with Gasteiger partial charge in [0.2, 0.25) is 0 Å². The third kappa shape index (κ3) is 8.38. The van der Waals surface area contributed by atoms with E-state index in [1.54, 1.807) is 0 Å². The molecule has 58 valence electrons. The summed E-state index contributed by atoms with van der Waals surface area (Å²) < 4.78 is 1.78. The minimum atomic E-state index is 0.888. The van der Waals surface area contributed by atoms with Crippen LogP contribution >= 0.6 is 0 Å². The van der Waals surface area contributed by atoms with E-state index in [1.165, 1.54) is 0 Å². The molecule has 0 aliphatic heterocycles. The Balaban J connectivity index is 3.06. The van der Waals surface area contributed by atoms with Crippen LogP contribution in [0.25, 0.3) is 0 Å². The van der Waals surface area contributed by atoms with Gasteiger partial charge in [-0.1, -0.05) is 0 Å². The van der Waals surface area contributed by atoms with Gasteiger partial charge in [-0.05, 0) is 0 Å². The molecule has 0 aromatic heterocycles. The number of rotatable bonds is 5. The molecular weight excluding hydrogens is 258 g/mol. The second kappa shape index (κ2) is 6.11. The fraction of sp³-hybridized carbons (Fsp3) is 0.667. The zero-order chi connectivity index (χ0) is 7.98. The molecule has 0 atom stereocenters. The van der Waals surface area contributed by atoms with Crippen molar-refractivity contribution in [1.82, 2.24) is 0 Å². The third-order valence-corrected chi connectivity index (χ3v) is 1.95. The number of unbranched alkanes of at least 4 members (excludes halogenated alkanes) is 1. The second-order valence-corrected chi connectivity index (χ2v) is 4.34. The van der Waals surface area contributed by atoms with Crippen molar-refractivity contribution in [2.75, 3.05) is 0 Å². The van der Waals surface area contributed by atoms with Crippen LogP contribution in [-0.4, -0.2) is 40.2 Å². The van der Waals surface area contributed by atoms with E-state index < -0.39 is 0 Å². The summed E-state index contributed by atoms with van der Waals surface area (Å²) in [4.78, 5) is 0. The number of nitrogens with two attached hydrogens (primary N) is 2. The van der Waals surface area contributed by atoms with Gasteiger partial charge >= 0.3 is 77.4 Å². The quantitative estimate of drug-likeness (QED) is 0.500. The van der Waals surface area contributed by atoms with Crippen molar-refractivity contribution in [3.63, 3.8) is 0 Å². The fourth-order valence-corrected chi connectivity index (χ4v) is 1.20. The van der Waals surface area contributed by atoms with Gasteiger partial charge in [0.25, 0.3) is 0 Å². The molecule has 0 heterocycles. The summed E-state index contributed by atoms with van der Waals surface area (Å²) in [7, 11) is 0. The zero-order valence-corrected chi connectivity index (χ0v) is 9.23. The van der Waals surface area contributed by atoms with Crippen LogP contribution in [0.2, 0.25) is 0 Å². The van der Waals surface area contributed by atoms with Crippen LogP contribution in [0.15, 0.2) is 0 Å². The van der Waals surface area contributed by atoms with E-state index in [0.717, 1.165) is 34.8 Å². The average molecular weight is 270 g/mol. The van der Waals surface area contributed by atoms with Gasteiger partial charge in [0, 0.05) is 0 Å². The van der Waals surface area contributed by atoms with Gasteiger partial charge in [0.15, 0.2) is 0 Å². The van der Waals surface area contributed by atoms with Gasteiger partial charge in [-0.15, -0.1) is 0 Å². The maximum atomic E-state index is 5.42. The van der Waals surface area contributed by atoms with Gasteiger partial charge in [0.05, 0.1) is 0 Å². The molecule has 0 radical (unpaired) electrons. The Hall–Kier alpha value is 0.379. The summed E-state index contributed by atoms with van der Waals surface area (Å²) in [5.74, 6) is 0. The predicted octanol–water partition coefficient (Wildman–Crippen LogP) is -0.939. The van der Waals surface area contributed by atoms with E-state index in [1.807, 2.05) is 0 Å². The second-order valence-electron chi connectivity index (χ2n) is 2.14. The first-order chi connectivity index (χ1) is 4.63. The topological polar surface area (TPSA) is 52.0 Å². The minimum absolute atomic E-state index is 0.888. The van der Waals surface area contributed by atoms with E-state index in [4.69, 9.17) is 11.5 Å². The van der Waals surface area contributed by atoms with Crippen LogP contribution in [0.4, 0.5) is 0 Å². The molecule has 2 nitrogen and oxygen atoms in total. The molecule has 0 unspecified atom stereocenters. The summed E-state index contributed by atoms with van der Waals surface area (Å²) in [5.41, 5.74) is 10.8. The molecule has 4 N–H and O–H groups in total. The van der Waals surface area contributed by atoms with Crippen LogP contribution in [0.3, 0.4) is 0 Å². The molecular formula is C6H12N2Se2. The van der Waals surface area contributed by atoms with Gasteiger partial charge in [-0.2, -0.15) is 0 Å². The molecule has 0 aliphatic carbocycles. The monoisotopic (exact) mass is 272 g/mol. The Labute approximate surface area is 77.4 Å². The molecule has 10 heavy (non-hydrogen) atoms. The Bertz CT molecular complexity index is 118. The van der Waals surface area contributed by atoms with E-state index in [9.17, 15) is 0 Å². The van der Waals surface area contributed by atoms with Crippen molar-refractivity contribution in [1.29, 1.82) is 0 Å². The van der Waals surface area contributed by atoms with Crippen molar-refractivity contribution in [3.8, 4) is 0 Å². The SMILES string of the molecule is NC(=[Se])CCCCC(N)=[Se]. The summed E-state index contributed by atoms with van der Waals surface area (Å²) >= 11 is 5.55. The first-order valence-electron chi connectivity index (χ1n) is 3.19. The van der Waals surface area contributed by atoms with Crippen molar-refractivity contribution in [3.05, 3.63) is 0 Å². The maximum absolute atomic E-state index is 5.42. The fourth-order valence-electron chi connectivity index (χ4n) is 0.598. The van der Waals surface area contributed by atoms with Crippen LogP contribution in [0.5, 0.6) is 0 Å². The van der Waals surface area contributed by atoms with Gasteiger partial charge in [0.1, 0.15) is 0 Å². The predicted molar refractivity (Wildman–Crippen MR) is 48.4 cm³/mol. The normalized spacial score (nSPS) is 9.20. The molecule has 0 aromatic rings. The summed E-state index contributed by atoms with van der Waals surface area (Å²) in [5, 5.41) is 0. The van der Waals surface area contributed by atoms with Crippen molar-refractivity contribution in [2.45, 2.75) is 25.7 Å². The molecule has 0 saturated heterocycles. The summed E-state index contributed by atoms with van der Waals surface area (Å²) in [6.45, 7) is 0. The Morgan fingerprint density at radius 3 is 1.40 bits per heavy atom. The molecule has 0 spiro atoms. The van der Waals surface area contributed by atoms with Gasteiger partial charge < -0.3 is 0 Å². The van der Waals surface area contributed by atoms with Crippen LogP contribution in [0.1, 0.15) is 25.7 Å². The molecule has 0 aliphatic rings. The first kappa shape index (κ1) is 10.4. The van der Waals surface area contributed by atoms with E-state index in [2.05, 4.69) is 31.2 Å². The summed E-state index contributed by atoms with van der Waals surface area (Å²) in [6.07, 6.45) is 4.16. The Kier molecular flexibility index (Phi) is 6.34. The Morgan fingerprint density at radius 2 is 1.20 bits per heavy atom. The first-order valence-corrected chi connectivity index (χ1v) is 4.91. The summed E-state index contributed by atoms with van der Waals surface area (Å²) in [6, 6.07) is 0. The van der Waals surface area contributed by atoms with E-state index in [0.29, 0.717) is 0 Å². The number of hydrogen-bond acceptors (Lipinski definition) is 2. The zero-order valence-electron chi connectivity index (χ0n) is 5.80. The molecule has 0 fully saturated rings. The molecule has 0 rings (SSSR count). The van der Waals surface area contributed by atoms with E-state index in [-0.39, 0.29) is 0 Å². The van der Waals surface area contributed by atoms with Crippen molar-refractivity contribution in [2.24, 2.45) is 11.5 Å². The van der Waals surface area contributed by atoms with Crippen LogP contribution < -0.4 is 11.5 Å².